The first-order valence-corrected chi connectivity index (χ1v) is 9.35. The molecule has 0 aliphatic carbocycles. The van der Waals surface area contributed by atoms with Crippen LogP contribution in [0.2, 0.25) is 0 Å². The third-order valence-corrected chi connectivity index (χ3v) is 4.84. The highest BCUT2D eigenvalue weighted by atomic mass is 16.5. The van der Waals surface area contributed by atoms with E-state index in [2.05, 4.69) is 48.3 Å². The van der Waals surface area contributed by atoms with Gasteiger partial charge in [0, 0.05) is 23.2 Å². The van der Waals surface area contributed by atoms with Gasteiger partial charge in [-0.1, -0.05) is 32.0 Å². The van der Waals surface area contributed by atoms with Gasteiger partial charge < -0.3 is 19.1 Å². The van der Waals surface area contributed by atoms with Gasteiger partial charge >= 0.3 is 0 Å². The van der Waals surface area contributed by atoms with E-state index in [1.807, 2.05) is 12.1 Å². The molecule has 7 heteroatoms. The number of amides is 1. The van der Waals surface area contributed by atoms with Crippen LogP contribution in [0.15, 0.2) is 34.9 Å². The fourth-order valence-electron chi connectivity index (χ4n) is 3.16. The van der Waals surface area contributed by atoms with Crippen LogP contribution in [0.5, 0.6) is 5.75 Å². The fraction of sp³-hybridized carbons (Fsp3) is 0.500. The number of aromatic nitrogens is 1. The summed E-state index contributed by atoms with van der Waals surface area (Å²) in [7, 11) is 1.68. The summed E-state index contributed by atoms with van der Waals surface area (Å²) in [4.78, 5) is 15.9. The zero-order valence-corrected chi connectivity index (χ0v) is 16.5. The lowest BCUT2D eigenvalue weighted by molar-refractivity contribution is -0.892. The average molecular weight is 373 g/mol. The van der Waals surface area contributed by atoms with Crippen molar-refractivity contribution in [1.82, 2.24) is 5.16 Å². The Bertz CT molecular complexity index is 774. The summed E-state index contributed by atoms with van der Waals surface area (Å²) in [5, 5.41) is 6.85. The number of hydrogen-bond donors (Lipinski definition) is 2. The Hall–Kier alpha value is -2.54. The van der Waals surface area contributed by atoms with Gasteiger partial charge in [0.2, 0.25) is 5.88 Å². The quantitative estimate of drug-likeness (QED) is 0.827. The van der Waals surface area contributed by atoms with Crippen molar-refractivity contribution in [3.05, 3.63) is 36.0 Å². The summed E-state index contributed by atoms with van der Waals surface area (Å²) in [6, 6.07) is 9.90. The van der Waals surface area contributed by atoms with Gasteiger partial charge in [-0.15, -0.1) is 0 Å². The van der Waals surface area contributed by atoms with Crippen molar-refractivity contribution in [2.24, 2.45) is 0 Å². The molecular formula is C20H29N4O3+. The molecule has 1 fully saturated rings. The van der Waals surface area contributed by atoms with Crippen LogP contribution in [0.3, 0.4) is 0 Å². The van der Waals surface area contributed by atoms with E-state index in [9.17, 15) is 4.79 Å². The summed E-state index contributed by atoms with van der Waals surface area (Å²) in [5.74, 6) is 1.24. The molecule has 2 N–H and O–H groups in total. The molecule has 1 aliphatic rings. The highest BCUT2D eigenvalue weighted by Gasteiger charge is 2.24. The highest BCUT2D eigenvalue weighted by molar-refractivity contribution is 5.90. The smallest absolute Gasteiger partial charge is 0.281 e. The van der Waals surface area contributed by atoms with Gasteiger partial charge in [-0.2, -0.15) is 0 Å². The SMILES string of the molecule is COc1cccc(N2CC[NH+](CC(=O)Nc3cc(C(C)(C)C)no3)CC2)c1. The Balaban J connectivity index is 1.48. The lowest BCUT2D eigenvalue weighted by Gasteiger charge is -2.33. The number of benzene rings is 1. The Morgan fingerprint density at radius 3 is 2.67 bits per heavy atom. The predicted octanol–water partition coefficient (Wildman–Crippen LogP) is 1.32. The third kappa shape index (κ3) is 5.01. The molecule has 7 nitrogen and oxygen atoms in total. The number of anilines is 2. The molecule has 0 saturated carbocycles. The van der Waals surface area contributed by atoms with Gasteiger partial charge in [0.15, 0.2) is 6.54 Å². The van der Waals surface area contributed by atoms with E-state index in [0.29, 0.717) is 12.4 Å². The first kappa shape index (κ1) is 19.2. The number of methoxy groups -OCH3 is 1. The number of hydrogen-bond acceptors (Lipinski definition) is 5. The van der Waals surface area contributed by atoms with Crippen LogP contribution in [0.25, 0.3) is 0 Å². The number of ether oxygens (including phenoxy) is 1. The Labute approximate surface area is 160 Å². The second-order valence-electron chi connectivity index (χ2n) is 7.99. The molecule has 2 heterocycles. The van der Waals surface area contributed by atoms with Gasteiger partial charge in [-0.05, 0) is 12.1 Å². The minimum atomic E-state index is -0.103. The summed E-state index contributed by atoms with van der Waals surface area (Å²) in [5.41, 5.74) is 1.89. The maximum absolute atomic E-state index is 12.3. The Kier molecular flexibility index (Phi) is 5.70. The fourth-order valence-corrected chi connectivity index (χ4v) is 3.16. The molecule has 146 valence electrons. The molecular weight excluding hydrogens is 344 g/mol. The summed E-state index contributed by atoms with van der Waals surface area (Å²) in [6.45, 7) is 10.2. The molecule has 1 aromatic carbocycles. The molecule has 3 rings (SSSR count). The number of carbonyl (C=O) groups excluding carboxylic acids is 1. The van der Waals surface area contributed by atoms with Gasteiger partial charge in [0.1, 0.15) is 5.75 Å². The molecule has 1 aromatic heterocycles. The van der Waals surface area contributed by atoms with Crippen molar-refractivity contribution in [1.29, 1.82) is 0 Å². The van der Waals surface area contributed by atoms with Crippen LogP contribution < -0.4 is 19.9 Å². The third-order valence-electron chi connectivity index (χ3n) is 4.84. The number of nitrogens with zero attached hydrogens (tertiary/aromatic N) is 2. The highest BCUT2D eigenvalue weighted by Crippen LogP contribution is 2.23. The van der Waals surface area contributed by atoms with Gasteiger partial charge in [0.25, 0.3) is 5.91 Å². The Morgan fingerprint density at radius 2 is 2.04 bits per heavy atom. The van der Waals surface area contributed by atoms with Gasteiger partial charge in [-0.25, -0.2) is 0 Å². The average Bonchev–Trinajstić information content (AvgIpc) is 3.11. The van der Waals surface area contributed by atoms with Crippen LogP contribution in [-0.4, -0.2) is 50.9 Å². The molecule has 27 heavy (non-hydrogen) atoms. The number of nitrogens with one attached hydrogen (secondary N) is 2. The zero-order chi connectivity index (χ0) is 19.4. The van der Waals surface area contributed by atoms with Crippen LogP contribution in [-0.2, 0) is 10.2 Å². The van der Waals surface area contributed by atoms with E-state index in [4.69, 9.17) is 9.26 Å². The normalized spacial score (nSPS) is 15.6. The predicted molar refractivity (Wildman–Crippen MR) is 105 cm³/mol. The van der Waals surface area contributed by atoms with E-state index in [1.54, 1.807) is 13.2 Å². The lowest BCUT2D eigenvalue weighted by atomic mass is 9.92. The van der Waals surface area contributed by atoms with Crippen molar-refractivity contribution < 1.29 is 19.0 Å². The number of rotatable bonds is 5. The monoisotopic (exact) mass is 373 g/mol. The molecule has 0 unspecified atom stereocenters. The molecule has 0 radical (unpaired) electrons. The second kappa shape index (κ2) is 8.00. The maximum atomic E-state index is 12.3. The van der Waals surface area contributed by atoms with E-state index in [-0.39, 0.29) is 11.3 Å². The number of quaternary nitrogens is 1. The molecule has 2 aromatic rings. The zero-order valence-electron chi connectivity index (χ0n) is 16.5. The van der Waals surface area contributed by atoms with Crippen molar-refractivity contribution in [3.8, 4) is 5.75 Å². The number of carbonyl (C=O) groups is 1. The van der Waals surface area contributed by atoms with Crippen molar-refractivity contribution in [3.63, 3.8) is 0 Å². The van der Waals surface area contributed by atoms with E-state index < -0.39 is 0 Å². The van der Waals surface area contributed by atoms with Crippen LogP contribution >= 0.6 is 0 Å². The second-order valence-corrected chi connectivity index (χ2v) is 7.99. The topological polar surface area (TPSA) is 72.0 Å². The summed E-state index contributed by atoms with van der Waals surface area (Å²) in [6.07, 6.45) is 0. The largest absolute Gasteiger partial charge is 0.497 e. The molecule has 0 spiro atoms. The van der Waals surface area contributed by atoms with E-state index in [0.717, 1.165) is 43.3 Å². The van der Waals surface area contributed by atoms with Crippen LogP contribution in [0.1, 0.15) is 26.5 Å². The van der Waals surface area contributed by atoms with Crippen LogP contribution in [0.4, 0.5) is 11.6 Å². The standard InChI is InChI=1S/C20H28N4O3/c1-20(2,3)17-13-19(27-22-17)21-18(25)14-23-8-10-24(11-9-23)15-6-5-7-16(12-15)26-4/h5-7,12-13H,8-11,14H2,1-4H3,(H,21,25)/p+1. The minimum Gasteiger partial charge on any atom is -0.497 e. The number of piperazine rings is 1. The first-order chi connectivity index (χ1) is 12.8. The summed E-state index contributed by atoms with van der Waals surface area (Å²) >= 11 is 0. The molecule has 0 atom stereocenters. The molecule has 1 amide bonds. The van der Waals surface area contributed by atoms with Crippen molar-refractivity contribution in [2.75, 3.05) is 50.1 Å². The molecule has 0 bridgehead atoms. The van der Waals surface area contributed by atoms with Gasteiger partial charge in [-0.3, -0.25) is 10.1 Å². The lowest BCUT2D eigenvalue weighted by Crippen LogP contribution is -3.15. The van der Waals surface area contributed by atoms with E-state index in [1.165, 1.54) is 4.90 Å². The summed E-state index contributed by atoms with van der Waals surface area (Å²) < 4.78 is 10.5. The van der Waals surface area contributed by atoms with Gasteiger partial charge in [0.05, 0.1) is 39.0 Å². The Morgan fingerprint density at radius 1 is 1.30 bits per heavy atom. The van der Waals surface area contributed by atoms with E-state index >= 15 is 0 Å². The minimum absolute atomic E-state index is 0.0450. The first-order valence-electron chi connectivity index (χ1n) is 9.35. The van der Waals surface area contributed by atoms with Crippen LogP contribution in [0, 0.1) is 0 Å². The van der Waals surface area contributed by atoms with Crippen molar-refractivity contribution in [2.45, 2.75) is 26.2 Å². The molecule has 1 aliphatic heterocycles. The molecule has 1 saturated heterocycles. The maximum Gasteiger partial charge on any atom is 0.281 e. The van der Waals surface area contributed by atoms with Crippen molar-refractivity contribution >= 4 is 17.5 Å².